The van der Waals surface area contributed by atoms with E-state index in [2.05, 4.69) is 23.9 Å². The number of hydrogen-bond donors (Lipinski definition) is 2. The maximum absolute atomic E-state index is 13.2. The zero-order valence-corrected chi connectivity index (χ0v) is 19.2. The van der Waals surface area contributed by atoms with Crippen molar-refractivity contribution in [2.24, 2.45) is 0 Å². The quantitative estimate of drug-likeness (QED) is 0.713. The van der Waals surface area contributed by atoms with Gasteiger partial charge < -0.3 is 10.1 Å². The first-order valence-corrected chi connectivity index (χ1v) is 11.6. The summed E-state index contributed by atoms with van der Waals surface area (Å²) in [7, 11) is -3.82. The Balaban J connectivity index is 1.87. The third kappa shape index (κ3) is 4.56. The highest BCUT2D eigenvalue weighted by Crippen LogP contribution is 2.42. The van der Waals surface area contributed by atoms with Crippen LogP contribution < -0.4 is 14.8 Å². The molecule has 0 unspecified atom stereocenters. The Morgan fingerprint density at radius 1 is 1.10 bits per heavy atom. The van der Waals surface area contributed by atoms with E-state index in [9.17, 15) is 8.42 Å². The summed E-state index contributed by atoms with van der Waals surface area (Å²) in [5.74, 6) is 0.819. The highest BCUT2D eigenvalue weighted by molar-refractivity contribution is 7.92. The Hall–Kier alpha value is -2.12. The van der Waals surface area contributed by atoms with Gasteiger partial charge in [-0.15, -0.1) is 0 Å². The first kappa shape index (κ1) is 21.6. The normalized spacial score (nSPS) is 15.2. The number of fused-ring (bicyclic) bond motifs is 1. The predicted molar refractivity (Wildman–Crippen MR) is 120 cm³/mol. The highest BCUT2D eigenvalue weighted by Gasteiger charge is 2.33. The Morgan fingerprint density at radius 3 is 2.41 bits per heavy atom. The lowest BCUT2D eigenvalue weighted by atomic mass is 9.88. The molecule has 0 aromatic heterocycles. The number of nitrogens with one attached hydrogen (secondary N) is 2. The zero-order valence-electron chi connectivity index (χ0n) is 17.5. The minimum absolute atomic E-state index is 0.0837. The van der Waals surface area contributed by atoms with Crippen LogP contribution in [0.5, 0.6) is 5.75 Å². The molecule has 0 amide bonds. The van der Waals surface area contributed by atoms with Gasteiger partial charge in [0.05, 0.1) is 4.90 Å². The molecule has 29 heavy (non-hydrogen) atoms. The van der Waals surface area contributed by atoms with Gasteiger partial charge in [0.25, 0.3) is 10.0 Å². The lowest BCUT2D eigenvalue weighted by Gasteiger charge is -2.35. The fraction of sp³-hybridized carbons (Fsp3) is 0.409. The summed E-state index contributed by atoms with van der Waals surface area (Å²) < 4.78 is 35.1. The molecule has 2 aromatic carbocycles. The molecule has 0 bridgehead atoms. The van der Waals surface area contributed by atoms with Gasteiger partial charge in [0.2, 0.25) is 0 Å². The smallest absolute Gasteiger partial charge is 0.264 e. The van der Waals surface area contributed by atoms with Crippen molar-refractivity contribution in [2.45, 2.75) is 64.5 Å². The van der Waals surface area contributed by atoms with Crippen LogP contribution in [0.2, 0.25) is 0 Å². The van der Waals surface area contributed by atoms with E-state index in [-0.39, 0.29) is 10.7 Å². The van der Waals surface area contributed by atoms with Crippen LogP contribution in [0.25, 0.3) is 0 Å². The van der Waals surface area contributed by atoms with E-state index in [0.29, 0.717) is 17.0 Å². The summed E-state index contributed by atoms with van der Waals surface area (Å²) in [5, 5.41) is 3.05. The number of sulfonamides is 1. The summed E-state index contributed by atoms with van der Waals surface area (Å²) in [6, 6.07) is 9.69. The van der Waals surface area contributed by atoms with Gasteiger partial charge >= 0.3 is 0 Å². The molecular weight excluding hydrogens is 404 g/mol. The van der Waals surface area contributed by atoms with Gasteiger partial charge in [0.15, 0.2) is 5.11 Å². The van der Waals surface area contributed by atoms with Crippen LogP contribution in [-0.4, -0.2) is 19.1 Å². The zero-order chi connectivity index (χ0) is 21.4. The van der Waals surface area contributed by atoms with Crippen LogP contribution in [0.1, 0.15) is 48.1 Å². The average molecular weight is 433 g/mol. The van der Waals surface area contributed by atoms with Gasteiger partial charge in [-0.3, -0.25) is 4.72 Å². The summed E-state index contributed by atoms with van der Waals surface area (Å²) in [6.07, 6.45) is 1.63. The fourth-order valence-electron chi connectivity index (χ4n) is 3.74. The van der Waals surface area contributed by atoms with Gasteiger partial charge in [0.1, 0.15) is 11.4 Å². The molecule has 7 heteroatoms. The molecule has 5 nitrogen and oxygen atoms in total. The molecule has 0 saturated carbocycles. The molecule has 2 aromatic rings. The predicted octanol–water partition coefficient (Wildman–Crippen LogP) is 4.07. The van der Waals surface area contributed by atoms with Crippen molar-refractivity contribution in [3.05, 3.63) is 58.1 Å². The second kappa shape index (κ2) is 7.95. The van der Waals surface area contributed by atoms with Crippen molar-refractivity contribution >= 4 is 27.4 Å². The van der Waals surface area contributed by atoms with E-state index in [0.717, 1.165) is 40.8 Å². The van der Waals surface area contributed by atoms with Crippen molar-refractivity contribution in [1.29, 1.82) is 0 Å². The maximum Gasteiger partial charge on any atom is 0.264 e. The molecule has 1 heterocycles. The minimum Gasteiger partial charge on any atom is -0.487 e. The van der Waals surface area contributed by atoms with Crippen molar-refractivity contribution in [2.75, 3.05) is 0 Å². The fourth-order valence-corrected chi connectivity index (χ4v) is 5.64. The summed E-state index contributed by atoms with van der Waals surface area (Å²) in [4.78, 5) is 0.293. The molecule has 0 fully saturated rings. The van der Waals surface area contributed by atoms with E-state index in [4.69, 9.17) is 17.0 Å². The second-order valence-electron chi connectivity index (χ2n) is 8.15. The highest BCUT2D eigenvalue weighted by atomic mass is 32.2. The molecule has 0 aliphatic carbocycles. The lowest BCUT2D eigenvalue weighted by Crippen LogP contribution is -2.40. The largest absolute Gasteiger partial charge is 0.487 e. The molecule has 3 rings (SSSR count). The van der Waals surface area contributed by atoms with Gasteiger partial charge in [-0.2, -0.15) is 0 Å². The Bertz CT molecular complexity index is 1050. The van der Waals surface area contributed by atoms with Crippen LogP contribution in [0, 0.1) is 20.8 Å². The van der Waals surface area contributed by atoms with Crippen LogP contribution in [0.4, 0.5) is 0 Å². The Kier molecular flexibility index (Phi) is 5.92. The molecule has 0 radical (unpaired) electrons. The number of hydrogen-bond acceptors (Lipinski definition) is 4. The number of rotatable bonds is 4. The second-order valence-corrected chi connectivity index (χ2v) is 10.2. The first-order valence-electron chi connectivity index (χ1n) is 9.68. The van der Waals surface area contributed by atoms with Crippen molar-refractivity contribution in [3.63, 3.8) is 0 Å². The van der Waals surface area contributed by atoms with E-state index in [1.807, 2.05) is 51.1 Å². The average Bonchev–Trinajstić information content (AvgIpc) is 2.64. The maximum atomic E-state index is 13.2. The molecule has 0 atom stereocenters. The molecule has 1 aliphatic rings. The van der Waals surface area contributed by atoms with E-state index in [1.54, 1.807) is 0 Å². The summed E-state index contributed by atoms with van der Waals surface area (Å²) in [5.41, 5.74) is 4.02. The van der Waals surface area contributed by atoms with Gasteiger partial charge in [-0.25, -0.2) is 8.42 Å². The first-order chi connectivity index (χ1) is 13.5. The Labute approximate surface area is 178 Å². The SMILES string of the molecule is Cc1c(C)c(S(=O)(=O)NC(=S)NCc2ccccc2)c(C)c2c1OC(C)(C)CC2. The number of benzene rings is 2. The monoisotopic (exact) mass is 432 g/mol. The summed E-state index contributed by atoms with van der Waals surface area (Å²) >= 11 is 5.25. The molecule has 0 spiro atoms. The third-order valence-corrected chi connectivity index (χ3v) is 7.46. The van der Waals surface area contributed by atoms with E-state index in [1.165, 1.54) is 0 Å². The third-order valence-electron chi connectivity index (χ3n) is 5.46. The standard InChI is InChI=1S/C22H28N2O3S2/c1-14-15(2)20(16(3)18-11-12-22(4,5)27-19(14)18)29(25,26)24-21(28)23-13-17-9-7-6-8-10-17/h6-10H,11-13H2,1-5H3,(H2,23,24,28). The Morgan fingerprint density at radius 2 is 1.76 bits per heavy atom. The van der Waals surface area contributed by atoms with Crippen molar-refractivity contribution in [3.8, 4) is 5.75 Å². The molecule has 1 aliphatic heterocycles. The van der Waals surface area contributed by atoms with Gasteiger partial charge in [-0.05, 0) is 87.5 Å². The number of ether oxygens (including phenoxy) is 1. The van der Waals surface area contributed by atoms with Crippen molar-refractivity contribution in [1.82, 2.24) is 10.0 Å². The van der Waals surface area contributed by atoms with Crippen LogP contribution in [-0.2, 0) is 23.0 Å². The topological polar surface area (TPSA) is 67.4 Å². The number of thiocarbonyl (C=S) groups is 1. The van der Waals surface area contributed by atoms with E-state index < -0.39 is 10.0 Å². The minimum atomic E-state index is -3.82. The molecular formula is C22H28N2O3S2. The van der Waals surface area contributed by atoms with Crippen LogP contribution in [0.15, 0.2) is 35.2 Å². The molecule has 0 saturated heterocycles. The van der Waals surface area contributed by atoms with Crippen LogP contribution in [0.3, 0.4) is 0 Å². The molecule has 2 N–H and O–H groups in total. The van der Waals surface area contributed by atoms with Gasteiger partial charge in [0, 0.05) is 6.54 Å². The van der Waals surface area contributed by atoms with Crippen LogP contribution >= 0.6 is 12.2 Å². The van der Waals surface area contributed by atoms with Crippen molar-refractivity contribution < 1.29 is 13.2 Å². The molecule has 156 valence electrons. The lowest BCUT2D eigenvalue weighted by molar-refractivity contribution is 0.0832. The summed E-state index contributed by atoms with van der Waals surface area (Å²) in [6.45, 7) is 10.2. The van der Waals surface area contributed by atoms with Gasteiger partial charge in [-0.1, -0.05) is 30.3 Å². The van der Waals surface area contributed by atoms with E-state index >= 15 is 0 Å².